The Morgan fingerprint density at radius 3 is 2.23 bits per heavy atom. The number of nitrogens with one attached hydrogen (secondary N) is 1. The van der Waals surface area contributed by atoms with Crippen molar-refractivity contribution in [2.75, 3.05) is 17.5 Å². The van der Waals surface area contributed by atoms with Crippen LogP contribution in [0.5, 0.6) is 5.75 Å². The number of carbonyl (C=O) groups excluding carboxylic acids is 2. The predicted molar refractivity (Wildman–Crippen MR) is 174 cm³/mol. The van der Waals surface area contributed by atoms with Crippen LogP contribution >= 0.6 is 11.6 Å². The van der Waals surface area contributed by atoms with E-state index in [4.69, 9.17) is 16.3 Å². The van der Waals surface area contributed by atoms with Crippen molar-refractivity contribution < 1.29 is 22.7 Å². The molecule has 0 aromatic heterocycles. The molecule has 1 fully saturated rings. The van der Waals surface area contributed by atoms with Crippen molar-refractivity contribution >= 4 is 39.1 Å². The Bertz CT molecular complexity index is 1510. The average Bonchev–Trinajstić information content (AvgIpc) is 3.02. The van der Waals surface area contributed by atoms with E-state index < -0.39 is 28.5 Å². The van der Waals surface area contributed by atoms with Gasteiger partial charge < -0.3 is 15.0 Å². The number of hydrogen-bond donors (Lipinski definition) is 1. The highest BCUT2D eigenvalue weighted by molar-refractivity contribution is 7.92. The molecule has 1 N–H and O–H groups in total. The second kappa shape index (κ2) is 15.4. The Morgan fingerprint density at radius 2 is 1.61 bits per heavy atom. The zero-order valence-corrected chi connectivity index (χ0v) is 27.2. The first kappa shape index (κ1) is 33.3. The molecule has 1 aliphatic carbocycles. The van der Waals surface area contributed by atoms with E-state index in [0.29, 0.717) is 35.1 Å². The lowest BCUT2D eigenvalue weighted by atomic mass is 9.95. The van der Waals surface area contributed by atoms with Gasteiger partial charge in [-0.2, -0.15) is 0 Å². The number of ether oxygens (including phenoxy) is 1. The lowest BCUT2D eigenvalue weighted by molar-refractivity contribution is -0.140. The summed E-state index contributed by atoms with van der Waals surface area (Å²) in [5.74, 6) is -0.171. The van der Waals surface area contributed by atoms with Crippen LogP contribution in [0.4, 0.5) is 5.69 Å². The van der Waals surface area contributed by atoms with E-state index in [1.54, 1.807) is 48.5 Å². The predicted octanol–water partition coefficient (Wildman–Crippen LogP) is 6.50. The van der Waals surface area contributed by atoms with Crippen LogP contribution in [-0.4, -0.2) is 50.4 Å². The molecule has 4 rings (SSSR count). The van der Waals surface area contributed by atoms with Crippen LogP contribution in [0.25, 0.3) is 0 Å². The number of sulfonamides is 1. The molecule has 2 amide bonds. The van der Waals surface area contributed by atoms with Gasteiger partial charge in [0.05, 0.1) is 17.2 Å². The molecule has 8 nitrogen and oxygen atoms in total. The normalized spacial score (nSPS) is 14.5. The summed E-state index contributed by atoms with van der Waals surface area (Å²) in [6, 6.07) is 19.5. The van der Waals surface area contributed by atoms with Crippen molar-refractivity contribution in [1.82, 2.24) is 10.2 Å². The SMILES string of the molecule is CCOc1ccc(N(CC(=O)N(Cc2ccccc2Cl)C(CC)C(=O)NC2CCCCC2)S(=O)(=O)c2ccc(C)cc2)cc1. The lowest BCUT2D eigenvalue weighted by Crippen LogP contribution is -2.54. The topological polar surface area (TPSA) is 96.0 Å². The van der Waals surface area contributed by atoms with Crippen LogP contribution < -0.4 is 14.4 Å². The van der Waals surface area contributed by atoms with E-state index in [2.05, 4.69) is 5.32 Å². The molecule has 0 saturated heterocycles. The first-order valence-corrected chi connectivity index (χ1v) is 17.1. The Morgan fingerprint density at radius 1 is 0.955 bits per heavy atom. The lowest BCUT2D eigenvalue weighted by Gasteiger charge is -2.34. The third-order valence-corrected chi connectivity index (χ3v) is 10.1. The molecular formula is C34H42ClN3O5S. The molecule has 236 valence electrons. The Kier molecular flexibility index (Phi) is 11.7. The zero-order valence-electron chi connectivity index (χ0n) is 25.7. The van der Waals surface area contributed by atoms with E-state index in [1.807, 2.05) is 32.9 Å². The highest BCUT2D eigenvalue weighted by atomic mass is 35.5. The molecule has 44 heavy (non-hydrogen) atoms. The molecule has 1 saturated carbocycles. The van der Waals surface area contributed by atoms with Crippen LogP contribution in [0.2, 0.25) is 5.02 Å². The minimum atomic E-state index is -4.16. The maximum absolute atomic E-state index is 14.3. The van der Waals surface area contributed by atoms with E-state index >= 15 is 0 Å². The van der Waals surface area contributed by atoms with Crippen molar-refractivity contribution in [3.63, 3.8) is 0 Å². The second-order valence-corrected chi connectivity index (χ2v) is 13.4. The number of aryl methyl sites for hydroxylation is 1. The van der Waals surface area contributed by atoms with Gasteiger partial charge in [0.1, 0.15) is 18.3 Å². The molecule has 0 aliphatic heterocycles. The van der Waals surface area contributed by atoms with Crippen LogP contribution in [0, 0.1) is 6.92 Å². The molecule has 3 aromatic carbocycles. The number of hydrogen-bond acceptors (Lipinski definition) is 5. The van der Waals surface area contributed by atoms with Crippen molar-refractivity contribution in [2.24, 2.45) is 0 Å². The Hall–Kier alpha value is -3.56. The number of anilines is 1. The summed E-state index contributed by atoms with van der Waals surface area (Å²) in [6.45, 7) is 5.59. The molecule has 1 unspecified atom stereocenters. The number of amides is 2. The molecule has 0 spiro atoms. The number of halogens is 1. The molecule has 3 aromatic rings. The summed E-state index contributed by atoms with van der Waals surface area (Å²) in [5.41, 5.74) is 1.88. The average molecular weight is 640 g/mol. The van der Waals surface area contributed by atoms with E-state index in [1.165, 1.54) is 17.0 Å². The number of rotatable bonds is 13. The van der Waals surface area contributed by atoms with Gasteiger partial charge in [0, 0.05) is 17.6 Å². The fraction of sp³-hybridized carbons (Fsp3) is 0.412. The summed E-state index contributed by atoms with van der Waals surface area (Å²) >= 11 is 6.51. The molecule has 10 heteroatoms. The largest absolute Gasteiger partial charge is 0.494 e. The number of benzene rings is 3. The monoisotopic (exact) mass is 639 g/mol. The van der Waals surface area contributed by atoms with Gasteiger partial charge >= 0.3 is 0 Å². The summed E-state index contributed by atoms with van der Waals surface area (Å²) in [6.07, 6.45) is 5.41. The van der Waals surface area contributed by atoms with Crippen molar-refractivity contribution in [1.29, 1.82) is 0 Å². The van der Waals surface area contributed by atoms with Gasteiger partial charge in [0.2, 0.25) is 11.8 Å². The minimum absolute atomic E-state index is 0.0524. The third-order valence-electron chi connectivity index (χ3n) is 7.96. The summed E-state index contributed by atoms with van der Waals surface area (Å²) < 4.78 is 34.8. The quantitative estimate of drug-likeness (QED) is 0.230. The molecule has 1 atom stereocenters. The maximum Gasteiger partial charge on any atom is 0.264 e. The smallest absolute Gasteiger partial charge is 0.264 e. The second-order valence-electron chi connectivity index (χ2n) is 11.1. The van der Waals surface area contributed by atoms with E-state index in [-0.39, 0.29) is 23.4 Å². The summed E-state index contributed by atoms with van der Waals surface area (Å²) in [7, 11) is -4.16. The first-order chi connectivity index (χ1) is 21.1. The fourth-order valence-electron chi connectivity index (χ4n) is 5.52. The van der Waals surface area contributed by atoms with Gasteiger partial charge in [-0.25, -0.2) is 8.42 Å². The van der Waals surface area contributed by atoms with Crippen molar-refractivity contribution in [3.8, 4) is 5.75 Å². The van der Waals surface area contributed by atoms with Crippen LogP contribution in [-0.2, 0) is 26.2 Å². The van der Waals surface area contributed by atoms with Gasteiger partial charge in [-0.15, -0.1) is 0 Å². The summed E-state index contributed by atoms with van der Waals surface area (Å²) in [4.78, 5) is 29.5. The fourth-order valence-corrected chi connectivity index (χ4v) is 7.13. The van der Waals surface area contributed by atoms with Crippen LogP contribution in [0.15, 0.2) is 77.7 Å². The van der Waals surface area contributed by atoms with E-state index in [0.717, 1.165) is 42.0 Å². The van der Waals surface area contributed by atoms with Gasteiger partial charge in [-0.05, 0) is 81.1 Å². The van der Waals surface area contributed by atoms with Crippen LogP contribution in [0.3, 0.4) is 0 Å². The summed E-state index contributed by atoms with van der Waals surface area (Å²) in [5, 5.41) is 3.62. The highest BCUT2D eigenvalue weighted by Gasteiger charge is 2.34. The van der Waals surface area contributed by atoms with Gasteiger partial charge in [0.25, 0.3) is 10.0 Å². The van der Waals surface area contributed by atoms with Crippen molar-refractivity contribution in [2.45, 2.75) is 82.8 Å². The van der Waals surface area contributed by atoms with E-state index in [9.17, 15) is 18.0 Å². The third kappa shape index (κ3) is 8.33. The molecule has 0 bridgehead atoms. The van der Waals surface area contributed by atoms with Crippen LogP contribution in [0.1, 0.15) is 63.5 Å². The Labute approximate surface area is 266 Å². The molecule has 0 heterocycles. The molecule has 1 aliphatic rings. The van der Waals surface area contributed by atoms with Crippen molar-refractivity contribution in [3.05, 3.63) is 88.9 Å². The maximum atomic E-state index is 14.3. The minimum Gasteiger partial charge on any atom is -0.494 e. The number of nitrogens with zero attached hydrogens (tertiary/aromatic N) is 2. The Balaban J connectivity index is 1.71. The highest BCUT2D eigenvalue weighted by Crippen LogP contribution is 2.28. The zero-order chi connectivity index (χ0) is 31.7. The molecular weight excluding hydrogens is 598 g/mol. The van der Waals surface area contributed by atoms with Gasteiger partial charge in [-0.3, -0.25) is 13.9 Å². The van der Waals surface area contributed by atoms with Gasteiger partial charge in [0.15, 0.2) is 0 Å². The van der Waals surface area contributed by atoms with Gasteiger partial charge in [-0.1, -0.05) is 73.7 Å². The molecule has 0 radical (unpaired) electrons. The standard InChI is InChI=1S/C34H42ClN3O5S/c1-4-32(34(40)36-27-12-7-6-8-13-27)37(23-26-11-9-10-14-31(26)35)33(39)24-38(28-17-19-29(20-18-28)43-5-2)44(41,42)30-21-15-25(3)16-22-30/h9-11,14-22,27,32H,4-8,12-13,23-24H2,1-3H3,(H,36,40). The number of carbonyl (C=O) groups is 2. The first-order valence-electron chi connectivity index (χ1n) is 15.3.